The van der Waals surface area contributed by atoms with Crippen molar-refractivity contribution in [1.82, 2.24) is 25.0 Å². The third-order valence-electron chi connectivity index (χ3n) is 6.47. The third kappa shape index (κ3) is 2.79. The van der Waals surface area contributed by atoms with Crippen molar-refractivity contribution in [2.24, 2.45) is 0 Å². The fourth-order valence-electron chi connectivity index (χ4n) is 4.74. The molecule has 0 radical (unpaired) electrons. The fourth-order valence-corrected chi connectivity index (χ4v) is 4.74. The minimum atomic E-state index is -0.0326. The summed E-state index contributed by atoms with van der Waals surface area (Å²) in [4.78, 5) is 23.8. The van der Waals surface area contributed by atoms with Gasteiger partial charge in [-0.2, -0.15) is 4.98 Å². The van der Waals surface area contributed by atoms with Crippen LogP contribution in [0.3, 0.4) is 0 Å². The van der Waals surface area contributed by atoms with Gasteiger partial charge in [-0.25, -0.2) is 0 Å². The zero-order valence-electron chi connectivity index (χ0n) is 16.6. The Kier molecular flexibility index (Phi) is 3.89. The van der Waals surface area contributed by atoms with E-state index in [1.807, 2.05) is 40.4 Å². The van der Waals surface area contributed by atoms with E-state index in [2.05, 4.69) is 27.4 Å². The number of nitrogen functional groups attached to an aromatic ring is 1. The molecule has 8 nitrogen and oxygen atoms in total. The van der Waals surface area contributed by atoms with Crippen LogP contribution in [-0.4, -0.2) is 64.0 Å². The zero-order valence-corrected chi connectivity index (χ0v) is 16.6. The molecule has 6 rings (SSSR count). The monoisotopic (exact) mass is 404 g/mol. The van der Waals surface area contributed by atoms with E-state index in [9.17, 15) is 4.79 Å². The Morgan fingerprint density at radius 1 is 1.23 bits per heavy atom. The van der Waals surface area contributed by atoms with Crippen molar-refractivity contribution in [1.29, 1.82) is 0 Å². The number of carbonyl (C=O) groups excluding carboxylic acids is 1. The number of amides is 1. The number of nitrogens with zero attached hydrogens (tertiary/aromatic N) is 4. The summed E-state index contributed by atoms with van der Waals surface area (Å²) in [6, 6.07) is 6.50. The Hall–Kier alpha value is -3.26. The van der Waals surface area contributed by atoms with Gasteiger partial charge >= 0.3 is 0 Å². The molecule has 0 aliphatic carbocycles. The second-order valence-electron chi connectivity index (χ2n) is 8.33. The SMILES string of the molecule is Nc1nc2cc(C3=CN4C(C(=O)N5CC(N6CCCC6)C5)=CNC4C=C3)ccc2o1. The van der Waals surface area contributed by atoms with Crippen LogP contribution in [0, 0.1) is 0 Å². The number of benzene rings is 1. The summed E-state index contributed by atoms with van der Waals surface area (Å²) in [7, 11) is 0. The van der Waals surface area contributed by atoms with Gasteiger partial charge in [0.05, 0.1) is 0 Å². The zero-order chi connectivity index (χ0) is 20.2. The number of carbonyl (C=O) groups is 1. The fraction of sp³-hybridized carbons (Fsp3) is 0.364. The van der Waals surface area contributed by atoms with E-state index in [1.54, 1.807) is 0 Å². The van der Waals surface area contributed by atoms with Crippen molar-refractivity contribution in [2.75, 3.05) is 31.9 Å². The highest BCUT2D eigenvalue weighted by molar-refractivity contribution is 5.95. The summed E-state index contributed by atoms with van der Waals surface area (Å²) in [6.45, 7) is 3.99. The molecule has 0 spiro atoms. The van der Waals surface area contributed by atoms with Gasteiger partial charge in [-0.15, -0.1) is 0 Å². The Bertz CT molecular complexity index is 1100. The van der Waals surface area contributed by atoms with Gasteiger partial charge in [0.15, 0.2) is 5.58 Å². The number of nitrogens with two attached hydrogens (primary N) is 1. The number of aromatic nitrogens is 1. The molecule has 1 aromatic heterocycles. The first-order valence-electron chi connectivity index (χ1n) is 10.5. The quantitative estimate of drug-likeness (QED) is 0.805. The van der Waals surface area contributed by atoms with E-state index < -0.39 is 0 Å². The van der Waals surface area contributed by atoms with Gasteiger partial charge in [0, 0.05) is 31.5 Å². The van der Waals surface area contributed by atoms with Crippen LogP contribution in [0.4, 0.5) is 6.01 Å². The topological polar surface area (TPSA) is 90.9 Å². The molecular formula is C22H24N6O2. The molecule has 2 aromatic rings. The minimum absolute atomic E-state index is 0.0326. The molecule has 0 saturated carbocycles. The number of fused-ring (bicyclic) bond motifs is 2. The Morgan fingerprint density at radius 2 is 2.07 bits per heavy atom. The van der Waals surface area contributed by atoms with Crippen LogP contribution in [0.2, 0.25) is 0 Å². The molecule has 4 aliphatic heterocycles. The van der Waals surface area contributed by atoms with Crippen molar-refractivity contribution in [3.8, 4) is 0 Å². The molecule has 8 heteroatoms. The molecule has 2 fully saturated rings. The van der Waals surface area contributed by atoms with Gasteiger partial charge in [-0.1, -0.05) is 12.1 Å². The standard InChI is InChI=1S/C22H24N6O2/c23-22-25-17-9-14(3-5-19(17)30-22)15-4-6-20-24-10-18(28(20)11-15)21(29)27-12-16(13-27)26-7-1-2-8-26/h3-6,9-11,16,20,24H,1-2,7-8,12-13H2,(H2,23,25). The van der Waals surface area contributed by atoms with E-state index in [4.69, 9.17) is 10.2 Å². The van der Waals surface area contributed by atoms with Crippen LogP contribution >= 0.6 is 0 Å². The molecule has 1 atom stereocenters. The van der Waals surface area contributed by atoms with Gasteiger partial charge in [0.25, 0.3) is 11.9 Å². The second-order valence-corrected chi connectivity index (χ2v) is 8.33. The van der Waals surface area contributed by atoms with Gasteiger partial charge in [0.1, 0.15) is 17.4 Å². The summed E-state index contributed by atoms with van der Waals surface area (Å²) >= 11 is 0. The van der Waals surface area contributed by atoms with E-state index in [0.29, 0.717) is 17.3 Å². The molecule has 1 aromatic carbocycles. The predicted octanol–water partition coefficient (Wildman–Crippen LogP) is 1.70. The van der Waals surface area contributed by atoms with E-state index in [0.717, 1.165) is 29.7 Å². The highest BCUT2D eigenvalue weighted by atomic mass is 16.4. The molecule has 0 bridgehead atoms. The largest absolute Gasteiger partial charge is 0.424 e. The lowest BCUT2D eigenvalue weighted by Crippen LogP contribution is -2.61. The van der Waals surface area contributed by atoms with Crippen LogP contribution in [0.1, 0.15) is 18.4 Å². The van der Waals surface area contributed by atoms with Crippen molar-refractivity contribution in [2.45, 2.75) is 25.0 Å². The second kappa shape index (κ2) is 6.63. The molecule has 4 aliphatic rings. The number of hydrogen-bond donors (Lipinski definition) is 2. The maximum atomic E-state index is 13.1. The summed E-state index contributed by atoms with van der Waals surface area (Å²) in [5, 5.41) is 3.29. The average molecular weight is 404 g/mol. The molecular weight excluding hydrogens is 380 g/mol. The number of oxazole rings is 1. The summed E-state index contributed by atoms with van der Waals surface area (Å²) in [6.07, 6.45) is 10.5. The number of rotatable bonds is 3. The first-order valence-corrected chi connectivity index (χ1v) is 10.5. The molecule has 1 amide bonds. The molecule has 2 saturated heterocycles. The number of anilines is 1. The molecule has 3 N–H and O–H groups in total. The van der Waals surface area contributed by atoms with Crippen LogP contribution in [0.15, 0.2) is 52.9 Å². The number of likely N-dealkylation sites (tertiary alicyclic amines) is 2. The first-order chi connectivity index (χ1) is 14.7. The lowest BCUT2D eigenvalue weighted by molar-refractivity contribution is -0.135. The highest BCUT2D eigenvalue weighted by Crippen LogP contribution is 2.31. The maximum Gasteiger partial charge on any atom is 0.292 e. The van der Waals surface area contributed by atoms with E-state index in [1.165, 1.54) is 25.9 Å². The maximum absolute atomic E-state index is 13.1. The minimum Gasteiger partial charge on any atom is -0.424 e. The summed E-state index contributed by atoms with van der Waals surface area (Å²) in [5.41, 5.74) is 9.75. The van der Waals surface area contributed by atoms with Crippen molar-refractivity contribution in [3.63, 3.8) is 0 Å². The third-order valence-corrected chi connectivity index (χ3v) is 6.47. The summed E-state index contributed by atoms with van der Waals surface area (Å²) < 4.78 is 5.36. The van der Waals surface area contributed by atoms with Crippen LogP contribution in [-0.2, 0) is 4.79 Å². The molecule has 5 heterocycles. The highest BCUT2D eigenvalue weighted by Gasteiger charge is 2.39. The Labute approximate surface area is 174 Å². The van der Waals surface area contributed by atoms with Crippen molar-refractivity contribution >= 4 is 28.6 Å². The molecule has 30 heavy (non-hydrogen) atoms. The number of hydrogen-bond acceptors (Lipinski definition) is 7. The van der Waals surface area contributed by atoms with Gasteiger partial charge in [-0.05, 0) is 55.3 Å². The molecule has 1 unspecified atom stereocenters. The van der Waals surface area contributed by atoms with Crippen molar-refractivity contribution in [3.05, 3.63) is 54.0 Å². The smallest absolute Gasteiger partial charge is 0.292 e. The Balaban J connectivity index is 1.20. The number of nitrogens with one attached hydrogen (secondary N) is 1. The first kappa shape index (κ1) is 17.6. The number of allylic oxidation sites excluding steroid dienone is 2. The van der Waals surface area contributed by atoms with Gasteiger partial charge in [-0.3, -0.25) is 9.69 Å². The van der Waals surface area contributed by atoms with Crippen LogP contribution in [0.25, 0.3) is 16.7 Å². The predicted molar refractivity (Wildman–Crippen MR) is 114 cm³/mol. The Morgan fingerprint density at radius 3 is 2.90 bits per heavy atom. The van der Waals surface area contributed by atoms with E-state index >= 15 is 0 Å². The lowest BCUT2D eigenvalue weighted by atomic mass is 10.0. The average Bonchev–Trinajstić information content (AvgIpc) is 3.44. The van der Waals surface area contributed by atoms with Crippen LogP contribution < -0.4 is 11.1 Å². The van der Waals surface area contributed by atoms with Gasteiger partial charge < -0.3 is 25.3 Å². The molecule has 154 valence electrons. The van der Waals surface area contributed by atoms with E-state index in [-0.39, 0.29) is 18.1 Å². The van der Waals surface area contributed by atoms with Gasteiger partial charge in [0.2, 0.25) is 0 Å². The lowest BCUT2D eigenvalue weighted by Gasteiger charge is -2.44. The van der Waals surface area contributed by atoms with Crippen molar-refractivity contribution < 1.29 is 9.21 Å². The van der Waals surface area contributed by atoms with Crippen LogP contribution in [0.5, 0.6) is 0 Å². The summed E-state index contributed by atoms with van der Waals surface area (Å²) in [5.74, 6) is 0.0890. The normalized spacial score (nSPS) is 23.9.